The van der Waals surface area contributed by atoms with E-state index in [1.165, 1.54) is 0 Å². The van der Waals surface area contributed by atoms with Gasteiger partial charge in [0.15, 0.2) is 0 Å². The van der Waals surface area contributed by atoms with Crippen molar-refractivity contribution >= 4 is 13.5 Å². The van der Waals surface area contributed by atoms with Gasteiger partial charge < -0.3 is 8.33 Å². The first-order valence-electron chi connectivity index (χ1n) is 0. The number of rotatable bonds is 0. The van der Waals surface area contributed by atoms with Crippen molar-refractivity contribution < 1.29 is 89.3 Å². The van der Waals surface area contributed by atoms with Crippen LogP contribution in [0, 0.1) is 0 Å². The van der Waals surface area contributed by atoms with Gasteiger partial charge in [-0.15, -0.1) is 0 Å². The SMILES string of the molecule is O.S.[H-].[H-].[K+].[Na+]. The largest absolute Gasteiger partial charge is 1.00 e. The van der Waals surface area contributed by atoms with Gasteiger partial charge in [0.25, 0.3) is 0 Å². The molecule has 1 nitrogen and oxygen atoms in total. The normalized spacial score (nSPS) is 0. The van der Waals surface area contributed by atoms with Gasteiger partial charge in [-0.25, -0.2) is 0 Å². The van der Waals surface area contributed by atoms with Gasteiger partial charge in [-0.05, 0) is 0 Å². The van der Waals surface area contributed by atoms with Crippen molar-refractivity contribution in [1.29, 1.82) is 0 Å². The summed E-state index contributed by atoms with van der Waals surface area (Å²) in [6, 6.07) is 0. The van der Waals surface area contributed by atoms with E-state index in [1.807, 2.05) is 0 Å². The molecule has 4 heavy (non-hydrogen) atoms. The molecule has 0 atom stereocenters. The van der Waals surface area contributed by atoms with E-state index >= 15 is 0 Å². The molecule has 0 aliphatic rings. The van der Waals surface area contributed by atoms with Crippen molar-refractivity contribution in [1.82, 2.24) is 0 Å². The van der Waals surface area contributed by atoms with E-state index in [0.29, 0.717) is 0 Å². The molecule has 0 aromatic rings. The minimum absolute atomic E-state index is 0. The zero-order valence-electron chi connectivity index (χ0n) is 5.00. The van der Waals surface area contributed by atoms with Gasteiger partial charge in [0, 0.05) is 0 Å². The molecule has 0 aromatic heterocycles. The Labute approximate surface area is 100 Å². The van der Waals surface area contributed by atoms with Gasteiger partial charge in [-0.3, -0.25) is 0 Å². The van der Waals surface area contributed by atoms with Gasteiger partial charge in [-0.2, -0.15) is 13.5 Å². The van der Waals surface area contributed by atoms with Crippen molar-refractivity contribution in [3.8, 4) is 0 Å². The molecule has 0 aliphatic carbocycles. The second-order valence-corrected chi connectivity index (χ2v) is 0. The van der Waals surface area contributed by atoms with Crippen LogP contribution in [0.2, 0.25) is 0 Å². The smallest absolute Gasteiger partial charge is 1.00 e. The molecule has 0 amide bonds. The minimum atomic E-state index is 0. The van der Waals surface area contributed by atoms with Crippen LogP contribution < -0.4 is 80.9 Å². The third-order valence-corrected chi connectivity index (χ3v) is 0. The van der Waals surface area contributed by atoms with E-state index in [0.717, 1.165) is 0 Å². The third kappa shape index (κ3) is 8.87. The molecule has 0 aromatic carbocycles. The average molecular weight is 116 g/mol. The van der Waals surface area contributed by atoms with Crippen LogP contribution in [0.3, 0.4) is 0 Å². The summed E-state index contributed by atoms with van der Waals surface area (Å²) >= 11 is 0. The van der Waals surface area contributed by atoms with Crippen LogP contribution in [0.1, 0.15) is 2.85 Å². The maximum absolute atomic E-state index is 0. The van der Waals surface area contributed by atoms with Gasteiger partial charge in [0.05, 0.1) is 0 Å². The summed E-state index contributed by atoms with van der Waals surface area (Å²) in [4.78, 5) is 0. The number of hydrogen-bond acceptors (Lipinski definition) is 0. The number of hydrogen-bond donors (Lipinski definition) is 0. The van der Waals surface area contributed by atoms with Crippen LogP contribution in [-0.4, -0.2) is 5.48 Å². The first kappa shape index (κ1) is 28.3. The Morgan fingerprint density at radius 3 is 1.25 bits per heavy atom. The third-order valence-electron chi connectivity index (χ3n) is 0. The van der Waals surface area contributed by atoms with Crippen LogP contribution in [0.5, 0.6) is 0 Å². The molecule has 2 N–H and O–H groups in total. The Kier molecular flexibility index (Phi) is 119. The van der Waals surface area contributed by atoms with Crippen LogP contribution in [0.4, 0.5) is 0 Å². The van der Waals surface area contributed by atoms with E-state index in [4.69, 9.17) is 0 Å². The monoisotopic (exact) mass is 116 g/mol. The molecule has 0 saturated heterocycles. The summed E-state index contributed by atoms with van der Waals surface area (Å²) in [6.07, 6.45) is 0. The molecule has 0 heterocycles. The van der Waals surface area contributed by atoms with Crippen LogP contribution >= 0.6 is 13.5 Å². The van der Waals surface area contributed by atoms with Crippen LogP contribution in [0.15, 0.2) is 0 Å². The van der Waals surface area contributed by atoms with Gasteiger partial charge in [0.2, 0.25) is 0 Å². The Hall–Kier alpha value is 2.95. The average Bonchev–Trinajstić information content (AvgIpc) is 0. The Morgan fingerprint density at radius 1 is 1.25 bits per heavy atom. The van der Waals surface area contributed by atoms with Crippen molar-refractivity contribution in [2.75, 3.05) is 0 Å². The molecule has 0 bridgehead atoms. The molecule has 0 aliphatic heterocycles. The van der Waals surface area contributed by atoms with Crippen molar-refractivity contribution in [2.24, 2.45) is 0 Å². The van der Waals surface area contributed by atoms with Crippen molar-refractivity contribution in [3.05, 3.63) is 0 Å². The first-order chi connectivity index (χ1) is 0. The molecule has 20 valence electrons. The summed E-state index contributed by atoms with van der Waals surface area (Å²) in [5, 5.41) is 0. The predicted octanol–water partition coefficient (Wildman–Crippen LogP) is -6.48. The van der Waals surface area contributed by atoms with Gasteiger partial charge in [-0.1, -0.05) is 0 Å². The fraction of sp³-hybridized carbons (Fsp3) is 0. The van der Waals surface area contributed by atoms with E-state index < -0.39 is 0 Å². The molecule has 4 heteroatoms. The minimum Gasteiger partial charge on any atom is -1.00 e. The molecule has 0 radical (unpaired) electrons. The predicted molar refractivity (Wildman–Crippen MR) is 16.2 cm³/mol. The van der Waals surface area contributed by atoms with E-state index in [9.17, 15) is 0 Å². The van der Waals surface area contributed by atoms with Gasteiger partial charge in [0.1, 0.15) is 0 Å². The molecular weight excluding hydrogens is 110 g/mol. The molecule has 0 unspecified atom stereocenters. The molecule has 0 spiro atoms. The molecular formula is H6KNaOS. The maximum atomic E-state index is 0. The molecule has 0 fully saturated rings. The maximum Gasteiger partial charge on any atom is 1.00 e. The summed E-state index contributed by atoms with van der Waals surface area (Å²) in [5.41, 5.74) is 0. The van der Waals surface area contributed by atoms with Gasteiger partial charge >= 0.3 is 80.9 Å². The van der Waals surface area contributed by atoms with E-state index in [2.05, 4.69) is 0 Å². The van der Waals surface area contributed by atoms with Crippen molar-refractivity contribution in [2.45, 2.75) is 0 Å². The van der Waals surface area contributed by atoms with Crippen molar-refractivity contribution in [3.63, 3.8) is 0 Å². The van der Waals surface area contributed by atoms with E-state index in [-0.39, 0.29) is 103 Å². The zero-order chi connectivity index (χ0) is 0. The zero-order valence-corrected chi connectivity index (χ0v) is 9.12. The summed E-state index contributed by atoms with van der Waals surface area (Å²) in [5.74, 6) is 0. The van der Waals surface area contributed by atoms with Crippen LogP contribution in [-0.2, 0) is 0 Å². The Balaban J connectivity index is 0. The summed E-state index contributed by atoms with van der Waals surface area (Å²) in [7, 11) is 0. The second kappa shape index (κ2) is 16.8. The summed E-state index contributed by atoms with van der Waals surface area (Å²) < 4.78 is 0. The molecule has 0 saturated carbocycles. The Bertz CT molecular complexity index is 13.5. The molecule has 0 rings (SSSR count). The fourth-order valence-electron chi connectivity index (χ4n) is 0. The van der Waals surface area contributed by atoms with Crippen LogP contribution in [0.25, 0.3) is 0 Å². The quantitative estimate of drug-likeness (QED) is 0.282. The topological polar surface area (TPSA) is 31.5 Å². The fourth-order valence-corrected chi connectivity index (χ4v) is 0. The Morgan fingerprint density at radius 2 is 1.25 bits per heavy atom. The standard InChI is InChI=1S/K.Na.H2O.H2S.2H/h;;2*1H2;;/q2*+1;;;2*-1. The summed E-state index contributed by atoms with van der Waals surface area (Å²) in [6.45, 7) is 0. The first-order valence-corrected chi connectivity index (χ1v) is 0. The van der Waals surface area contributed by atoms with E-state index in [1.54, 1.807) is 0 Å². The second-order valence-electron chi connectivity index (χ2n) is 0.